The van der Waals surface area contributed by atoms with Crippen LogP contribution >= 0.6 is 15.9 Å². The topological polar surface area (TPSA) is 96.8 Å². The molecular formula is C27H20BrF3N2O5S. The van der Waals surface area contributed by atoms with E-state index in [2.05, 4.69) is 25.7 Å². The maximum Gasteiger partial charge on any atom is 0.573 e. The van der Waals surface area contributed by atoms with Crippen LogP contribution in [0.4, 0.5) is 19.0 Å². The van der Waals surface area contributed by atoms with Crippen LogP contribution in [0.15, 0.2) is 82.3 Å². The highest BCUT2D eigenvalue weighted by Crippen LogP contribution is 2.48. The number of rotatable bonds is 8. The molecule has 3 aromatic carbocycles. The maximum atomic E-state index is 14.1. The Kier molecular flexibility index (Phi) is 7.02. The van der Waals surface area contributed by atoms with Crippen molar-refractivity contribution < 1.29 is 36.2 Å². The fourth-order valence-electron chi connectivity index (χ4n) is 4.34. The molecule has 7 nitrogen and oxygen atoms in total. The number of sulfonamides is 1. The molecule has 0 amide bonds. The molecule has 1 aliphatic carbocycles. The summed E-state index contributed by atoms with van der Waals surface area (Å²) in [6.07, 6.45) is -1.55. The van der Waals surface area contributed by atoms with E-state index in [4.69, 9.17) is 0 Å². The van der Waals surface area contributed by atoms with Crippen LogP contribution in [-0.4, -0.2) is 30.8 Å². The van der Waals surface area contributed by atoms with E-state index in [0.29, 0.717) is 5.56 Å². The predicted molar refractivity (Wildman–Crippen MR) is 141 cm³/mol. The van der Waals surface area contributed by atoms with E-state index in [1.807, 2.05) is 24.3 Å². The van der Waals surface area contributed by atoms with Crippen LogP contribution < -0.4 is 9.04 Å². The van der Waals surface area contributed by atoms with Gasteiger partial charge in [-0.2, -0.15) is 0 Å². The second-order valence-corrected chi connectivity index (χ2v) is 11.7. The molecule has 1 saturated carbocycles. The minimum Gasteiger partial charge on any atom is -0.478 e. The van der Waals surface area contributed by atoms with Crippen LogP contribution in [-0.2, 0) is 16.6 Å². The molecule has 0 bridgehead atoms. The molecule has 1 aromatic heterocycles. The smallest absolute Gasteiger partial charge is 0.478 e. The maximum absolute atomic E-state index is 14.1. The molecule has 0 atom stereocenters. The van der Waals surface area contributed by atoms with Crippen LogP contribution in [0.25, 0.3) is 10.8 Å². The number of carboxylic acids is 1. The van der Waals surface area contributed by atoms with Gasteiger partial charge in [0.1, 0.15) is 11.6 Å². The lowest BCUT2D eigenvalue weighted by atomic mass is 10.0. The van der Waals surface area contributed by atoms with Crippen LogP contribution in [0.1, 0.15) is 40.2 Å². The van der Waals surface area contributed by atoms with E-state index in [1.54, 1.807) is 6.20 Å². The van der Waals surface area contributed by atoms with Gasteiger partial charge in [0, 0.05) is 21.6 Å². The fourth-order valence-corrected chi connectivity index (χ4v) is 6.50. The van der Waals surface area contributed by atoms with E-state index >= 15 is 0 Å². The summed E-state index contributed by atoms with van der Waals surface area (Å²) in [5.41, 5.74) is 1.06. The first-order chi connectivity index (χ1) is 18.4. The summed E-state index contributed by atoms with van der Waals surface area (Å²) < 4.78 is 71.2. The zero-order chi connectivity index (χ0) is 27.9. The first-order valence-corrected chi connectivity index (χ1v) is 14.0. The molecule has 0 saturated heterocycles. The highest BCUT2D eigenvalue weighted by molar-refractivity contribution is 9.10. The molecule has 12 heteroatoms. The lowest BCUT2D eigenvalue weighted by Gasteiger charge is -2.27. The first kappa shape index (κ1) is 26.9. The zero-order valence-electron chi connectivity index (χ0n) is 20.0. The van der Waals surface area contributed by atoms with Gasteiger partial charge in [-0.25, -0.2) is 22.5 Å². The number of aromatic carboxylic acids is 1. The Morgan fingerprint density at radius 3 is 2.38 bits per heavy atom. The summed E-state index contributed by atoms with van der Waals surface area (Å²) in [7, 11) is -4.32. The van der Waals surface area contributed by atoms with E-state index in [9.17, 15) is 31.5 Å². The number of fused-ring (bicyclic) bond motifs is 1. The van der Waals surface area contributed by atoms with Gasteiger partial charge in [-0.15, -0.1) is 13.2 Å². The van der Waals surface area contributed by atoms with E-state index < -0.39 is 28.1 Å². The van der Waals surface area contributed by atoms with Crippen molar-refractivity contribution in [2.24, 2.45) is 0 Å². The molecule has 1 aliphatic rings. The predicted octanol–water partition coefficient (Wildman–Crippen LogP) is 6.87. The molecule has 0 radical (unpaired) electrons. The molecule has 5 rings (SSSR count). The third kappa shape index (κ3) is 5.71. The molecule has 0 aliphatic heterocycles. The summed E-state index contributed by atoms with van der Waals surface area (Å²) in [5, 5.41) is 11.1. The second-order valence-electron chi connectivity index (χ2n) is 9.01. The molecular weight excluding hydrogens is 601 g/mol. The zero-order valence-corrected chi connectivity index (χ0v) is 22.4. The monoisotopic (exact) mass is 620 g/mol. The van der Waals surface area contributed by atoms with Crippen molar-refractivity contribution in [2.45, 2.75) is 36.6 Å². The number of nitrogens with zero attached hydrogens (tertiary/aromatic N) is 2. The van der Waals surface area contributed by atoms with Gasteiger partial charge in [0.25, 0.3) is 10.0 Å². The van der Waals surface area contributed by atoms with Gasteiger partial charge < -0.3 is 9.84 Å². The third-order valence-corrected chi connectivity index (χ3v) is 8.67. The number of pyridine rings is 1. The standard InChI is InChI=1S/C27H20BrF3N2O5S/c28-23-13-20(11-12-22(23)26(34)35)39(36,37)33(15-16-5-9-19(10-6-16)38-27(29,30)31)25-24(17-7-8-17)21-4-2-1-3-18(21)14-32-25/h1-6,9-14,17H,7-8,15H2,(H,34,35). The molecule has 4 aromatic rings. The quantitative estimate of drug-likeness (QED) is 0.231. The van der Waals surface area contributed by atoms with E-state index in [1.165, 1.54) is 30.3 Å². The van der Waals surface area contributed by atoms with Gasteiger partial charge in [-0.05, 0) is 76.0 Å². The van der Waals surface area contributed by atoms with E-state index in [-0.39, 0.29) is 33.2 Å². The van der Waals surface area contributed by atoms with Gasteiger partial charge >= 0.3 is 12.3 Å². The number of benzene rings is 3. The fraction of sp³-hybridized carbons (Fsp3) is 0.185. The first-order valence-electron chi connectivity index (χ1n) is 11.7. The summed E-state index contributed by atoms with van der Waals surface area (Å²) in [6, 6.07) is 16.0. The van der Waals surface area contributed by atoms with Crippen molar-refractivity contribution in [3.8, 4) is 5.75 Å². The highest BCUT2D eigenvalue weighted by atomic mass is 79.9. The number of hydrogen-bond acceptors (Lipinski definition) is 5. The van der Waals surface area contributed by atoms with Crippen LogP contribution in [0, 0.1) is 0 Å². The third-order valence-electron chi connectivity index (χ3n) is 6.28. The SMILES string of the molecule is O=C(O)c1ccc(S(=O)(=O)N(Cc2ccc(OC(F)(F)F)cc2)c2ncc3ccccc3c2C2CC2)cc1Br. The number of ether oxygens (including phenoxy) is 1. The number of hydrogen-bond donors (Lipinski definition) is 1. The van der Waals surface area contributed by atoms with Crippen LogP contribution in [0.2, 0.25) is 0 Å². The van der Waals surface area contributed by atoms with Gasteiger partial charge in [-0.1, -0.05) is 36.4 Å². The summed E-state index contributed by atoms with van der Waals surface area (Å²) in [5.74, 6) is -1.35. The van der Waals surface area contributed by atoms with Crippen molar-refractivity contribution in [3.05, 3.63) is 94.1 Å². The molecule has 1 heterocycles. The average Bonchev–Trinajstić information content (AvgIpc) is 3.71. The largest absolute Gasteiger partial charge is 0.573 e. The number of aromatic nitrogens is 1. The molecule has 39 heavy (non-hydrogen) atoms. The van der Waals surface area contributed by atoms with Crippen LogP contribution in [0.5, 0.6) is 5.75 Å². The van der Waals surface area contributed by atoms with Crippen molar-refractivity contribution in [1.82, 2.24) is 4.98 Å². The van der Waals surface area contributed by atoms with Gasteiger partial charge in [0.15, 0.2) is 0 Å². The Balaban J connectivity index is 1.64. The normalized spacial score (nSPS) is 13.8. The minimum atomic E-state index is -4.86. The lowest BCUT2D eigenvalue weighted by molar-refractivity contribution is -0.274. The van der Waals surface area contributed by atoms with Crippen molar-refractivity contribution in [1.29, 1.82) is 0 Å². The Labute approximate surface area is 230 Å². The molecule has 0 spiro atoms. The minimum absolute atomic E-state index is 0.0820. The Hall–Kier alpha value is -3.64. The number of alkyl halides is 3. The van der Waals surface area contributed by atoms with Crippen molar-refractivity contribution in [2.75, 3.05) is 4.31 Å². The molecule has 1 N–H and O–H groups in total. The molecule has 0 unspecified atom stereocenters. The number of anilines is 1. The second kappa shape index (κ2) is 10.2. The summed E-state index contributed by atoms with van der Waals surface area (Å²) in [6.45, 7) is -0.238. The number of carbonyl (C=O) groups is 1. The molecule has 1 fully saturated rings. The number of halogens is 4. The summed E-state index contributed by atoms with van der Waals surface area (Å²) in [4.78, 5) is 15.8. The van der Waals surface area contributed by atoms with Gasteiger partial charge in [0.2, 0.25) is 0 Å². The van der Waals surface area contributed by atoms with Crippen LogP contribution in [0.3, 0.4) is 0 Å². The lowest BCUT2D eigenvalue weighted by Crippen LogP contribution is -2.32. The Bertz CT molecular complexity index is 1670. The van der Waals surface area contributed by atoms with Gasteiger partial charge in [-0.3, -0.25) is 0 Å². The summed E-state index contributed by atoms with van der Waals surface area (Å²) >= 11 is 3.14. The number of carboxylic acid groups (broad SMARTS) is 1. The Morgan fingerprint density at radius 2 is 1.77 bits per heavy atom. The van der Waals surface area contributed by atoms with E-state index in [0.717, 1.165) is 45.6 Å². The average molecular weight is 621 g/mol. The molecule has 202 valence electrons. The van der Waals surface area contributed by atoms with Gasteiger partial charge in [0.05, 0.1) is 17.0 Å². The highest BCUT2D eigenvalue weighted by Gasteiger charge is 2.36. The van der Waals surface area contributed by atoms with Crippen molar-refractivity contribution >= 4 is 48.5 Å². The van der Waals surface area contributed by atoms with Crippen molar-refractivity contribution in [3.63, 3.8) is 0 Å². The Morgan fingerprint density at radius 1 is 1.08 bits per heavy atom.